The Hall–Kier alpha value is -3.92. The molecule has 214 valence electrons. The van der Waals surface area contributed by atoms with E-state index in [2.05, 4.69) is 37.9 Å². The van der Waals surface area contributed by atoms with Gasteiger partial charge in [-0.2, -0.15) is 23.4 Å². The van der Waals surface area contributed by atoms with Crippen molar-refractivity contribution < 1.29 is 22.8 Å². The van der Waals surface area contributed by atoms with Crippen LogP contribution in [0.4, 0.5) is 30.6 Å². The molecule has 4 rings (SSSR count). The highest BCUT2D eigenvalue weighted by atomic mass is 19.4. The molecule has 2 heterocycles. The Morgan fingerprint density at radius 1 is 1.15 bits per heavy atom. The SMILES string of the molecule is CN1CCC(N(C)C(=O)c2ccc(Nc3ncc(C(F)(F)F)c(NC4CC[C@H](C(=O)NCC#N)C4)n3)cc2)CC1. The van der Waals surface area contributed by atoms with Crippen LogP contribution < -0.4 is 16.0 Å². The molecule has 2 aromatic rings. The lowest BCUT2D eigenvalue weighted by atomic mass is 10.0. The van der Waals surface area contributed by atoms with Gasteiger partial charge < -0.3 is 25.8 Å². The van der Waals surface area contributed by atoms with Crippen LogP contribution in [0, 0.1) is 17.2 Å². The van der Waals surface area contributed by atoms with Gasteiger partial charge in [0.1, 0.15) is 17.9 Å². The van der Waals surface area contributed by atoms with Gasteiger partial charge in [0.25, 0.3) is 5.91 Å². The van der Waals surface area contributed by atoms with Gasteiger partial charge in [0.15, 0.2) is 0 Å². The van der Waals surface area contributed by atoms with Gasteiger partial charge in [-0.1, -0.05) is 0 Å². The first kappa shape index (κ1) is 29.1. The molecule has 40 heavy (non-hydrogen) atoms. The highest BCUT2D eigenvalue weighted by Gasteiger charge is 2.37. The molecule has 10 nitrogen and oxygen atoms in total. The molecule has 1 aliphatic carbocycles. The summed E-state index contributed by atoms with van der Waals surface area (Å²) >= 11 is 0. The molecular weight excluding hydrogens is 525 g/mol. The number of rotatable bonds is 8. The van der Waals surface area contributed by atoms with Gasteiger partial charge in [0.2, 0.25) is 11.9 Å². The van der Waals surface area contributed by atoms with Gasteiger partial charge in [-0.15, -0.1) is 0 Å². The molecule has 0 radical (unpaired) electrons. The van der Waals surface area contributed by atoms with E-state index in [-0.39, 0.29) is 42.1 Å². The Morgan fingerprint density at radius 3 is 2.50 bits per heavy atom. The van der Waals surface area contributed by atoms with E-state index in [1.165, 1.54) is 0 Å². The van der Waals surface area contributed by atoms with E-state index in [4.69, 9.17) is 5.26 Å². The number of aromatic nitrogens is 2. The molecular formula is C27H33F3N8O2. The number of likely N-dealkylation sites (tertiary alicyclic amines) is 1. The number of amides is 2. The molecule has 1 saturated carbocycles. The third-order valence-electron chi connectivity index (χ3n) is 7.52. The van der Waals surface area contributed by atoms with E-state index >= 15 is 0 Å². The minimum absolute atomic E-state index is 0.0423. The van der Waals surface area contributed by atoms with Gasteiger partial charge >= 0.3 is 6.18 Å². The number of nitrogens with one attached hydrogen (secondary N) is 3. The molecule has 0 bridgehead atoms. The summed E-state index contributed by atoms with van der Waals surface area (Å²) in [4.78, 5) is 37.1. The minimum atomic E-state index is -4.68. The van der Waals surface area contributed by atoms with Gasteiger partial charge in [-0.3, -0.25) is 9.59 Å². The summed E-state index contributed by atoms with van der Waals surface area (Å²) < 4.78 is 41.1. The Bertz CT molecular complexity index is 1240. The molecule has 2 fully saturated rings. The van der Waals surface area contributed by atoms with Gasteiger partial charge in [-0.25, -0.2) is 4.98 Å². The third kappa shape index (κ3) is 7.18. The van der Waals surface area contributed by atoms with Gasteiger partial charge in [0.05, 0.1) is 6.07 Å². The van der Waals surface area contributed by atoms with Crippen molar-refractivity contribution in [1.82, 2.24) is 25.1 Å². The van der Waals surface area contributed by atoms with Crippen molar-refractivity contribution in [3.05, 3.63) is 41.6 Å². The lowest BCUT2D eigenvalue weighted by molar-refractivity contribution is -0.137. The van der Waals surface area contributed by atoms with Crippen molar-refractivity contribution in [2.45, 2.75) is 50.4 Å². The third-order valence-corrected chi connectivity index (χ3v) is 7.52. The number of halogens is 3. The van der Waals surface area contributed by atoms with E-state index < -0.39 is 17.8 Å². The minimum Gasteiger partial charge on any atom is -0.367 e. The predicted molar refractivity (Wildman–Crippen MR) is 143 cm³/mol. The highest BCUT2D eigenvalue weighted by molar-refractivity contribution is 5.94. The number of hydrogen-bond donors (Lipinski definition) is 3. The Labute approximate surface area is 231 Å². The second-order valence-corrected chi connectivity index (χ2v) is 10.3. The second kappa shape index (κ2) is 12.5. The van der Waals surface area contributed by atoms with Crippen LogP contribution in [-0.4, -0.2) is 77.4 Å². The zero-order chi connectivity index (χ0) is 28.9. The first-order valence-corrected chi connectivity index (χ1v) is 13.2. The Balaban J connectivity index is 1.42. The number of carbonyl (C=O) groups is 2. The first-order chi connectivity index (χ1) is 19.0. The Morgan fingerprint density at radius 2 is 1.85 bits per heavy atom. The number of alkyl halides is 3. The van der Waals surface area contributed by atoms with E-state index in [0.29, 0.717) is 30.5 Å². The van der Waals surface area contributed by atoms with Crippen LogP contribution in [0.25, 0.3) is 0 Å². The van der Waals surface area contributed by atoms with Gasteiger partial charge in [-0.05, 0) is 76.5 Å². The number of carbonyl (C=O) groups excluding carboxylic acids is 2. The average Bonchev–Trinajstić information content (AvgIpc) is 3.40. The van der Waals surface area contributed by atoms with Crippen LogP contribution in [0.15, 0.2) is 30.5 Å². The number of piperidine rings is 1. The van der Waals surface area contributed by atoms with E-state index in [1.807, 2.05) is 6.07 Å². The lowest BCUT2D eigenvalue weighted by Gasteiger charge is -2.35. The molecule has 2 aliphatic rings. The van der Waals surface area contributed by atoms with Crippen molar-refractivity contribution in [2.75, 3.05) is 44.4 Å². The van der Waals surface area contributed by atoms with Gasteiger partial charge in [0, 0.05) is 42.5 Å². The zero-order valence-electron chi connectivity index (χ0n) is 22.5. The van der Waals surface area contributed by atoms with Crippen LogP contribution in [0.3, 0.4) is 0 Å². The number of hydrogen-bond acceptors (Lipinski definition) is 8. The number of benzene rings is 1. The molecule has 2 amide bonds. The Kier molecular flexibility index (Phi) is 9.09. The maximum absolute atomic E-state index is 13.7. The normalized spacial score (nSPS) is 20.0. The van der Waals surface area contributed by atoms with Crippen molar-refractivity contribution >= 4 is 29.3 Å². The molecule has 0 spiro atoms. The summed E-state index contributed by atoms with van der Waals surface area (Å²) in [5, 5.41) is 16.9. The first-order valence-electron chi connectivity index (χ1n) is 13.2. The molecule has 2 atom stereocenters. The van der Waals surface area contributed by atoms with E-state index in [9.17, 15) is 22.8 Å². The lowest BCUT2D eigenvalue weighted by Crippen LogP contribution is -2.44. The maximum Gasteiger partial charge on any atom is 0.421 e. The van der Waals surface area contributed by atoms with Crippen LogP contribution in [0.5, 0.6) is 0 Å². The molecule has 3 N–H and O–H groups in total. The fourth-order valence-electron chi connectivity index (χ4n) is 5.15. The second-order valence-electron chi connectivity index (χ2n) is 10.3. The predicted octanol–water partition coefficient (Wildman–Crippen LogP) is 3.63. The maximum atomic E-state index is 13.7. The van der Waals surface area contributed by atoms with Crippen molar-refractivity contribution in [2.24, 2.45) is 5.92 Å². The monoisotopic (exact) mass is 558 g/mol. The molecule has 1 aliphatic heterocycles. The highest BCUT2D eigenvalue weighted by Crippen LogP contribution is 2.36. The van der Waals surface area contributed by atoms with E-state index in [0.717, 1.165) is 32.1 Å². The molecule has 1 aromatic carbocycles. The van der Waals surface area contributed by atoms with Crippen molar-refractivity contribution in [3.8, 4) is 6.07 Å². The average molecular weight is 559 g/mol. The molecule has 13 heteroatoms. The topological polar surface area (TPSA) is 126 Å². The molecule has 1 aromatic heterocycles. The number of nitrogens with zero attached hydrogens (tertiary/aromatic N) is 5. The number of nitriles is 1. The summed E-state index contributed by atoms with van der Waals surface area (Å²) in [5.74, 6) is -1.18. The quantitative estimate of drug-likeness (QED) is 0.420. The summed E-state index contributed by atoms with van der Waals surface area (Å²) in [7, 11) is 3.87. The standard InChI is InChI=1S/C27H33F3N8O2/c1-37-13-9-21(10-14-37)38(2)25(40)17-3-6-19(7-4-17)35-26-33-16-22(27(28,29)30)23(36-26)34-20-8-5-18(15-20)24(39)32-12-11-31/h3-4,6-7,16,18,20-21H,5,8-10,12-15H2,1-2H3,(H,32,39)(H2,33,34,35,36)/t18-,20?/m0/s1. The van der Waals surface area contributed by atoms with Crippen LogP contribution in [-0.2, 0) is 11.0 Å². The largest absolute Gasteiger partial charge is 0.421 e. The summed E-state index contributed by atoms with van der Waals surface area (Å²) in [6.45, 7) is 1.76. The molecule has 1 saturated heterocycles. The zero-order valence-corrected chi connectivity index (χ0v) is 22.5. The van der Waals surface area contributed by atoms with E-state index in [1.54, 1.807) is 36.2 Å². The fraction of sp³-hybridized carbons (Fsp3) is 0.519. The summed E-state index contributed by atoms with van der Waals surface area (Å²) in [5.41, 5.74) is 0.0184. The van der Waals surface area contributed by atoms with Crippen LogP contribution in [0.1, 0.15) is 48.0 Å². The molecule has 1 unspecified atom stereocenters. The number of anilines is 3. The fourth-order valence-corrected chi connectivity index (χ4v) is 5.15. The smallest absolute Gasteiger partial charge is 0.367 e. The summed E-state index contributed by atoms with van der Waals surface area (Å²) in [6, 6.07) is 8.26. The van der Waals surface area contributed by atoms with Crippen molar-refractivity contribution in [1.29, 1.82) is 5.26 Å². The van der Waals surface area contributed by atoms with Crippen LogP contribution >= 0.6 is 0 Å². The van der Waals surface area contributed by atoms with Crippen molar-refractivity contribution in [3.63, 3.8) is 0 Å². The van der Waals surface area contributed by atoms with Crippen LogP contribution in [0.2, 0.25) is 0 Å². The summed E-state index contributed by atoms with van der Waals surface area (Å²) in [6.07, 6.45) is -0.835.